The van der Waals surface area contributed by atoms with Gasteiger partial charge in [0.05, 0.1) is 11.7 Å². The Bertz CT molecular complexity index is 312. The van der Waals surface area contributed by atoms with E-state index in [0.29, 0.717) is 5.69 Å². The van der Waals surface area contributed by atoms with Crippen molar-refractivity contribution in [3.8, 4) is 0 Å². The van der Waals surface area contributed by atoms with Gasteiger partial charge < -0.3 is 5.32 Å². The lowest BCUT2D eigenvalue weighted by atomic mass is 10.1. The van der Waals surface area contributed by atoms with Crippen molar-refractivity contribution in [3.05, 3.63) is 42.5 Å². The number of nitrogens with zero attached hydrogens (tertiary/aromatic N) is 1. The van der Waals surface area contributed by atoms with Crippen LogP contribution >= 0.6 is 0 Å². The minimum Gasteiger partial charge on any atom is -0.312 e. The van der Waals surface area contributed by atoms with Gasteiger partial charge in [0.1, 0.15) is 5.82 Å². The first-order valence-corrected chi connectivity index (χ1v) is 5.18. The molecule has 0 aliphatic heterocycles. The van der Waals surface area contributed by atoms with Crippen LogP contribution in [0.1, 0.15) is 31.0 Å². The van der Waals surface area contributed by atoms with Crippen LogP contribution in [0.15, 0.2) is 31.0 Å². The second-order valence-electron chi connectivity index (χ2n) is 3.43. The average molecular weight is 208 g/mol. The largest absolute Gasteiger partial charge is 0.312 e. The molecule has 1 aromatic rings. The van der Waals surface area contributed by atoms with Gasteiger partial charge in [-0.15, -0.1) is 6.58 Å². The summed E-state index contributed by atoms with van der Waals surface area (Å²) in [4.78, 5) is 4.06. The van der Waals surface area contributed by atoms with Crippen LogP contribution in [0.5, 0.6) is 0 Å². The molecule has 82 valence electrons. The van der Waals surface area contributed by atoms with Gasteiger partial charge >= 0.3 is 0 Å². The molecule has 0 radical (unpaired) electrons. The lowest BCUT2D eigenvalue weighted by molar-refractivity contribution is 0.482. The molecule has 0 spiro atoms. The van der Waals surface area contributed by atoms with E-state index in [0.717, 1.165) is 19.3 Å². The lowest BCUT2D eigenvalue weighted by Crippen LogP contribution is -2.18. The summed E-state index contributed by atoms with van der Waals surface area (Å²) in [5.74, 6) is -0.240. The number of hydrogen-bond acceptors (Lipinski definition) is 2. The lowest BCUT2D eigenvalue weighted by Gasteiger charge is -2.15. The second-order valence-corrected chi connectivity index (χ2v) is 3.43. The summed E-state index contributed by atoms with van der Waals surface area (Å²) >= 11 is 0. The smallest absolute Gasteiger partial charge is 0.146 e. The van der Waals surface area contributed by atoms with Crippen molar-refractivity contribution < 1.29 is 4.39 Å². The van der Waals surface area contributed by atoms with Gasteiger partial charge in [-0.1, -0.05) is 6.08 Å². The summed E-state index contributed by atoms with van der Waals surface area (Å²) < 4.78 is 13.4. The highest BCUT2D eigenvalue weighted by Gasteiger charge is 2.13. The van der Waals surface area contributed by atoms with E-state index in [1.54, 1.807) is 12.3 Å². The van der Waals surface area contributed by atoms with Gasteiger partial charge in [0.2, 0.25) is 0 Å². The Morgan fingerprint density at radius 2 is 2.47 bits per heavy atom. The highest BCUT2D eigenvalue weighted by Crippen LogP contribution is 2.19. The van der Waals surface area contributed by atoms with Crippen molar-refractivity contribution >= 4 is 0 Å². The van der Waals surface area contributed by atoms with E-state index < -0.39 is 0 Å². The maximum Gasteiger partial charge on any atom is 0.146 e. The SMILES string of the molecule is C=CCCCC(NC)c1ncccc1F. The van der Waals surface area contributed by atoms with Crippen LogP contribution in [-0.4, -0.2) is 12.0 Å². The zero-order valence-electron chi connectivity index (χ0n) is 9.04. The van der Waals surface area contributed by atoms with Gasteiger partial charge in [-0.2, -0.15) is 0 Å². The van der Waals surface area contributed by atoms with Crippen molar-refractivity contribution in [1.82, 2.24) is 10.3 Å². The summed E-state index contributed by atoms with van der Waals surface area (Å²) in [6.45, 7) is 3.66. The molecule has 0 saturated heterocycles. The van der Waals surface area contributed by atoms with Crippen molar-refractivity contribution in [3.63, 3.8) is 0 Å². The summed E-state index contributed by atoms with van der Waals surface area (Å²) in [7, 11) is 1.83. The standard InChI is InChI=1S/C12H17FN2/c1-3-4-5-8-11(14-2)12-10(13)7-6-9-15-12/h3,6-7,9,11,14H,1,4-5,8H2,2H3. The fourth-order valence-electron chi connectivity index (χ4n) is 1.54. The minimum absolute atomic E-state index is 0.00819. The Balaban J connectivity index is 2.65. The van der Waals surface area contributed by atoms with Crippen LogP contribution in [0.4, 0.5) is 4.39 Å². The molecule has 2 nitrogen and oxygen atoms in total. The van der Waals surface area contributed by atoms with Gasteiger partial charge in [0.15, 0.2) is 0 Å². The number of aromatic nitrogens is 1. The van der Waals surface area contributed by atoms with Crippen molar-refractivity contribution in [2.75, 3.05) is 7.05 Å². The maximum absolute atomic E-state index is 13.4. The molecule has 1 rings (SSSR count). The molecule has 0 fully saturated rings. The fraction of sp³-hybridized carbons (Fsp3) is 0.417. The number of allylic oxidation sites excluding steroid dienone is 1. The Hall–Kier alpha value is -1.22. The summed E-state index contributed by atoms with van der Waals surface area (Å²) in [6.07, 6.45) is 6.31. The molecule has 0 bridgehead atoms. The Kier molecular flexibility index (Phi) is 4.98. The van der Waals surface area contributed by atoms with Crippen LogP contribution in [-0.2, 0) is 0 Å². The third kappa shape index (κ3) is 3.44. The van der Waals surface area contributed by atoms with E-state index in [4.69, 9.17) is 0 Å². The molecular formula is C12H17FN2. The summed E-state index contributed by atoms with van der Waals surface area (Å²) in [5, 5.41) is 3.08. The van der Waals surface area contributed by atoms with E-state index >= 15 is 0 Å². The number of unbranched alkanes of at least 4 members (excludes halogenated alkanes) is 1. The van der Waals surface area contributed by atoms with E-state index in [1.807, 2.05) is 13.1 Å². The average Bonchev–Trinajstić information content (AvgIpc) is 2.26. The molecule has 0 aliphatic rings. The predicted molar refractivity (Wildman–Crippen MR) is 60.0 cm³/mol. The molecule has 0 aromatic carbocycles. The predicted octanol–water partition coefficient (Wildman–Crippen LogP) is 2.84. The maximum atomic E-state index is 13.4. The van der Waals surface area contributed by atoms with E-state index in [1.165, 1.54) is 6.07 Å². The molecule has 1 heterocycles. The van der Waals surface area contributed by atoms with Crippen LogP contribution in [0, 0.1) is 5.82 Å². The highest BCUT2D eigenvalue weighted by molar-refractivity contribution is 5.11. The van der Waals surface area contributed by atoms with Crippen LogP contribution in [0.2, 0.25) is 0 Å². The van der Waals surface area contributed by atoms with Crippen LogP contribution in [0.25, 0.3) is 0 Å². The first-order valence-electron chi connectivity index (χ1n) is 5.18. The number of hydrogen-bond donors (Lipinski definition) is 1. The van der Waals surface area contributed by atoms with E-state index in [-0.39, 0.29) is 11.9 Å². The van der Waals surface area contributed by atoms with Crippen LogP contribution < -0.4 is 5.32 Å². The topological polar surface area (TPSA) is 24.9 Å². The first-order chi connectivity index (χ1) is 7.29. The van der Waals surface area contributed by atoms with Gasteiger partial charge in [0, 0.05) is 6.20 Å². The molecule has 1 atom stereocenters. The molecule has 0 saturated carbocycles. The van der Waals surface area contributed by atoms with Gasteiger partial charge in [-0.05, 0) is 38.4 Å². The third-order valence-electron chi connectivity index (χ3n) is 2.37. The highest BCUT2D eigenvalue weighted by atomic mass is 19.1. The quantitative estimate of drug-likeness (QED) is 0.574. The van der Waals surface area contributed by atoms with Gasteiger partial charge in [-0.25, -0.2) is 4.39 Å². The second kappa shape index (κ2) is 6.30. The van der Waals surface area contributed by atoms with Gasteiger partial charge in [0.25, 0.3) is 0 Å². The Labute approximate surface area is 90.2 Å². The van der Waals surface area contributed by atoms with Crippen molar-refractivity contribution in [1.29, 1.82) is 0 Å². The summed E-state index contributed by atoms with van der Waals surface area (Å²) in [5.41, 5.74) is 0.504. The monoisotopic (exact) mass is 208 g/mol. The Morgan fingerprint density at radius 3 is 3.07 bits per heavy atom. The van der Waals surface area contributed by atoms with E-state index in [2.05, 4.69) is 16.9 Å². The van der Waals surface area contributed by atoms with Crippen molar-refractivity contribution in [2.45, 2.75) is 25.3 Å². The zero-order chi connectivity index (χ0) is 11.1. The number of pyridine rings is 1. The van der Waals surface area contributed by atoms with Gasteiger partial charge in [-0.3, -0.25) is 4.98 Å². The molecule has 0 amide bonds. The first kappa shape index (κ1) is 11.9. The number of halogens is 1. The zero-order valence-corrected chi connectivity index (χ0v) is 9.04. The molecule has 1 aromatic heterocycles. The number of nitrogens with one attached hydrogen (secondary N) is 1. The normalized spacial score (nSPS) is 12.4. The fourth-order valence-corrected chi connectivity index (χ4v) is 1.54. The molecular weight excluding hydrogens is 191 g/mol. The molecule has 15 heavy (non-hydrogen) atoms. The minimum atomic E-state index is -0.240. The molecule has 0 aliphatic carbocycles. The van der Waals surface area contributed by atoms with E-state index in [9.17, 15) is 4.39 Å². The number of rotatable bonds is 6. The third-order valence-corrected chi connectivity index (χ3v) is 2.37. The molecule has 1 unspecified atom stereocenters. The Morgan fingerprint density at radius 1 is 1.67 bits per heavy atom. The molecule has 1 N–H and O–H groups in total. The van der Waals surface area contributed by atoms with Crippen LogP contribution in [0.3, 0.4) is 0 Å². The van der Waals surface area contributed by atoms with Crippen molar-refractivity contribution in [2.24, 2.45) is 0 Å². The summed E-state index contributed by atoms with van der Waals surface area (Å²) in [6, 6.07) is 3.04. The molecule has 3 heteroatoms.